The number of halogens is 1. The van der Waals surface area contributed by atoms with Crippen LogP contribution in [0.5, 0.6) is 0 Å². The molecule has 1 aromatic carbocycles. The van der Waals surface area contributed by atoms with E-state index in [2.05, 4.69) is 27.9 Å². The minimum atomic E-state index is -0.268. The lowest BCUT2D eigenvalue weighted by atomic mass is 10.0. The number of hydrogen-bond acceptors (Lipinski definition) is 2. The molecule has 0 saturated carbocycles. The Bertz CT molecular complexity index is 434. The zero-order valence-corrected chi connectivity index (χ0v) is 12.7. The standard InChI is InChI=1S/C12H15IN2OS/c1-7(2)10(11(14)17)15-12(16)8-4-3-5-9(13)6-8/h3-7,10H,1-2H3,(H2,14,17)(H,15,16). The van der Waals surface area contributed by atoms with E-state index in [0.29, 0.717) is 10.6 Å². The first-order valence-electron chi connectivity index (χ1n) is 5.27. The molecule has 1 aromatic rings. The highest BCUT2D eigenvalue weighted by Gasteiger charge is 2.19. The molecule has 0 aromatic heterocycles. The second kappa shape index (κ2) is 6.30. The molecule has 1 atom stereocenters. The maximum Gasteiger partial charge on any atom is 0.251 e. The summed E-state index contributed by atoms with van der Waals surface area (Å²) in [7, 11) is 0. The SMILES string of the molecule is CC(C)C(NC(=O)c1cccc(I)c1)C(N)=S. The van der Waals surface area contributed by atoms with Gasteiger partial charge in [-0.1, -0.05) is 32.1 Å². The van der Waals surface area contributed by atoms with E-state index in [0.717, 1.165) is 3.57 Å². The molecule has 1 rings (SSSR count). The van der Waals surface area contributed by atoms with Gasteiger partial charge in [0.05, 0.1) is 11.0 Å². The summed E-state index contributed by atoms with van der Waals surface area (Å²) in [6, 6.07) is 7.11. The molecule has 17 heavy (non-hydrogen) atoms. The largest absolute Gasteiger partial charge is 0.392 e. The lowest BCUT2D eigenvalue weighted by Gasteiger charge is -2.21. The molecule has 0 aliphatic heterocycles. The third-order valence-electron chi connectivity index (χ3n) is 2.35. The molecule has 5 heteroatoms. The number of carbonyl (C=O) groups is 1. The predicted octanol–water partition coefficient (Wildman–Crippen LogP) is 2.33. The van der Waals surface area contributed by atoms with Gasteiger partial charge < -0.3 is 11.1 Å². The van der Waals surface area contributed by atoms with Crippen molar-refractivity contribution in [1.82, 2.24) is 5.32 Å². The average Bonchev–Trinajstić information content (AvgIpc) is 2.24. The van der Waals surface area contributed by atoms with Crippen LogP contribution in [0.25, 0.3) is 0 Å². The molecule has 1 unspecified atom stereocenters. The van der Waals surface area contributed by atoms with Gasteiger partial charge in [-0.25, -0.2) is 0 Å². The fraction of sp³-hybridized carbons (Fsp3) is 0.333. The van der Waals surface area contributed by atoms with E-state index < -0.39 is 0 Å². The normalized spacial score (nSPS) is 12.2. The van der Waals surface area contributed by atoms with Gasteiger partial charge in [-0.15, -0.1) is 0 Å². The summed E-state index contributed by atoms with van der Waals surface area (Å²) in [4.78, 5) is 12.3. The van der Waals surface area contributed by atoms with Crippen molar-refractivity contribution in [2.45, 2.75) is 19.9 Å². The Morgan fingerprint density at radius 2 is 2.12 bits per heavy atom. The average molecular weight is 362 g/mol. The smallest absolute Gasteiger partial charge is 0.251 e. The van der Waals surface area contributed by atoms with Crippen molar-refractivity contribution in [3.63, 3.8) is 0 Å². The van der Waals surface area contributed by atoms with Crippen LogP contribution in [0.4, 0.5) is 0 Å². The lowest BCUT2D eigenvalue weighted by Crippen LogP contribution is -2.46. The van der Waals surface area contributed by atoms with Crippen LogP contribution < -0.4 is 11.1 Å². The highest BCUT2D eigenvalue weighted by molar-refractivity contribution is 14.1. The van der Waals surface area contributed by atoms with Crippen molar-refractivity contribution in [3.8, 4) is 0 Å². The van der Waals surface area contributed by atoms with E-state index in [-0.39, 0.29) is 17.9 Å². The molecule has 0 saturated heterocycles. The number of carbonyl (C=O) groups excluding carboxylic acids is 1. The molecular weight excluding hydrogens is 347 g/mol. The molecule has 0 radical (unpaired) electrons. The van der Waals surface area contributed by atoms with Gasteiger partial charge in [0.1, 0.15) is 0 Å². The number of benzene rings is 1. The maximum absolute atomic E-state index is 12.0. The molecule has 92 valence electrons. The van der Waals surface area contributed by atoms with Gasteiger partial charge in [-0.3, -0.25) is 4.79 Å². The van der Waals surface area contributed by atoms with Gasteiger partial charge in [-0.2, -0.15) is 0 Å². The summed E-state index contributed by atoms with van der Waals surface area (Å²) in [6.45, 7) is 3.94. The fourth-order valence-corrected chi connectivity index (χ4v) is 2.29. The summed E-state index contributed by atoms with van der Waals surface area (Å²) in [5.74, 6) is 0.0363. The molecule has 3 nitrogen and oxygen atoms in total. The van der Waals surface area contributed by atoms with E-state index in [4.69, 9.17) is 18.0 Å². The van der Waals surface area contributed by atoms with E-state index in [9.17, 15) is 4.79 Å². The van der Waals surface area contributed by atoms with Crippen LogP contribution in [0.1, 0.15) is 24.2 Å². The molecular formula is C12H15IN2OS. The summed E-state index contributed by atoms with van der Waals surface area (Å²) in [5.41, 5.74) is 6.23. The van der Waals surface area contributed by atoms with Gasteiger partial charge in [-0.05, 0) is 46.7 Å². The predicted molar refractivity (Wildman–Crippen MR) is 82.0 cm³/mol. The van der Waals surface area contributed by atoms with E-state index in [1.54, 1.807) is 6.07 Å². The number of nitrogens with one attached hydrogen (secondary N) is 1. The first kappa shape index (κ1) is 14.4. The zero-order valence-electron chi connectivity index (χ0n) is 9.74. The second-order valence-electron chi connectivity index (χ2n) is 4.11. The first-order chi connectivity index (χ1) is 7.91. The number of amides is 1. The van der Waals surface area contributed by atoms with Crippen molar-refractivity contribution < 1.29 is 4.79 Å². The van der Waals surface area contributed by atoms with Crippen molar-refractivity contribution in [2.24, 2.45) is 11.7 Å². The van der Waals surface area contributed by atoms with Crippen molar-refractivity contribution in [1.29, 1.82) is 0 Å². The second-order valence-corrected chi connectivity index (χ2v) is 5.82. The Hall–Kier alpha value is -0.690. The van der Waals surface area contributed by atoms with Crippen molar-refractivity contribution in [3.05, 3.63) is 33.4 Å². The third-order valence-corrected chi connectivity index (χ3v) is 3.27. The van der Waals surface area contributed by atoms with E-state index in [1.165, 1.54) is 0 Å². The van der Waals surface area contributed by atoms with Crippen molar-refractivity contribution >= 4 is 45.7 Å². The van der Waals surface area contributed by atoms with Crippen LogP contribution in [-0.4, -0.2) is 16.9 Å². The topological polar surface area (TPSA) is 55.1 Å². The number of thiocarbonyl (C=S) groups is 1. The minimum absolute atomic E-state index is 0.144. The molecule has 0 bridgehead atoms. The van der Waals surface area contributed by atoms with Crippen molar-refractivity contribution in [2.75, 3.05) is 0 Å². The Balaban J connectivity index is 2.81. The highest BCUT2D eigenvalue weighted by Crippen LogP contribution is 2.09. The van der Waals surface area contributed by atoms with E-state index >= 15 is 0 Å². The summed E-state index contributed by atoms with van der Waals surface area (Å²) in [5, 5.41) is 2.85. The summed E-state index contributed by atoms with van der Waals surface area (Å²) in [6.07, 6.45) is 0. The van der Waals surface area contributed by atoms with Crippen LogP contribution in [-0.2, 0) is 0 Å². The van der Waals surface area contributed by atoms with Gasteiger partial charge in [0.25, 0.3) is 5.91 Å². The van der Waals surface area contributed by atoms with Gasteiger partial charge in [0.15, 0.2) is 0 Å². The molecule has 3 N–H and O–H groups in total. The summed E-state index contributed by atoms with van der Waals surface area (Å²) >= 11 is 7.12. The van der Waals surface area contributed by atoms with Crippen LogP contribution in [0.3, 0.4) is 0 Å². The van der Waals surface area contributed by atoms with E-state index in [1.807, 2.05) is 32.0 Å². The zero-order chi connectivity index (χ0) is 13.0. The molecule has 0 fully saturated rings. The number of rotatable bonds is 4. The third kappa shape index (κ3) is 4.23. The van der Waals surface area contributed by atoms with Gasteiger partial charge >= 0.3 is 0 Å². The Morgan fingerprint density at radius 1 is 1.47 bits per heavy atom. The quantitative estimate of drug-likeness (QED) is 0.639. The Morgan fingerprint density at radius 3 is 2.59 bits per heavy atom. The highest BCUT2D eigenvalue weighted by atomic mass is 127. The van der Waals surface area contributed by atoms with Crippen LogP contribution in [0.15, 0.2) is 24.3 Å². The lowest BCUT2D eigenvalue weighted by molar-refractivity contribution is 0.0940. The monoisotopic (exact) mass is 362 g/mol. The summed E-state index contributed by atoms with van der Waals surface area (Å²) < 4.78 is 1.02. The molecule has 1 amide bonds. The van der Waals surface area contributed by atoms with Crippen LogP contribution in [0, 0.1) is 9.49 Å². The number of hydrogen-bond donors (Lipinski definition) is 2. The minimum Gasteiger partial charge on any atom is -0.392 e. The van der Waals surface area contributed by atoms with Crippen LogP contribution >= 0.6 is 34.8 Å². The Labute approximate surface area is 120 Å². The molecule has 0 spiro atoms. The molecule has 0 aliphatic carbocycles. The Kier molecular flexibility index (Phi) is 5.32. The first-order valence-corrected chi connectivity index (χ1v) is 6.76. The molecule has 0 aliphatic rings. The van der Waals surface area contributed by atoms with Crippen LogP contribution in [0.2, 0.25) is 0 Å². The van der Waals surface area contributed by atoms with Gasteiger partial charge in [0, 0.05) is 9.13 Å². The maximum atomic E-state index is 12.0. The van der Waals surface area contributed by atoms with Gasteiger partial charge in [0.2, 0.25) is 0 Å². The number of nitrogens with two attached hydrogens (primary N) is 1. The fourth-order valence-electron chi connectivity index (χ4n) is 1.42. The molecule has 0 heterocycles.